The minimum atomic E-state index is -3.75. The van der Waals surface area contributed by atoms with Crippen LogP contribution in [0.25, 0.3) is 0 Å². The van der Waals surface area contributed by atoms with Crippen LogP contribution in [0.3, 0.4) is 0 Å². The van der Waals surface area contributed by atoms with Crippen LogP contribution < -0.4 is 10.5 Å². The van der Waals surface area contributed by atoms with E-state index in [0.29, 0.717) is 16.5 Å². The highest BCUT2D eigenvalue weighted by atomic mass is 79.9. The van der Waals surface area contributed by atoms with Crippen molar-refractivity contribution in [3.8, 4) is 0 Å². The van der Waals surface area contributed by atoms with Crippen molar-refractivity contribution in [2.75, 3.05) is 0 Å². The molecule has 0 saturated carbocycles. The Kier molecular flexibility index (Phi) is 5.95. The van der Waals surface area contributed by atoms with Gasteiger partial charge in [0, 0.05) is 10.7 Å². The van der Waals surface area contributed by atoms with E-state index in [-0.39, 0.29) is 4.90 Å². The number of halogens is 1. The Balaban J connectivity index is 2.22. The van der Waals surface area contributed by atoms with Crippen molar-refractivity contribution >= 4 is 26.0 Å². The number of aliphatic hydroxyl groups excluding tert-OH is 1. The van der Waals surface area contributed by atoms with Crippen LogP contribution in [0.4, 0.5) is 0 Å². The highest BCUT2D eigenvalue weighted by Crippen LogP contribution is 2.21. The third kappa shape index (κ3) is 4.90. The fourth-order valence-corrected chi connectivity index (χ4v) is 3.89. The number of aliphatic hydroxyl groups is 1. The molecule has 0 bridgehead atoms. The van der Waals surface area contributed by atoms with E-state index in [9.17, 15) is 13.5 Å². The van der Waals surface area contributed by atoms with Gasteiger partial charge >= 0.3 is 0 Å². The predicted octanol–water partition coefficient (Wildman–Crippen LogP) is 2.13. The molecule has 0 fully saturated rings. The van der Waals surface area contributed by atoms with Gasteiger partial charge in [0.05, 0.1) is 0 Å². The van der Waals surface area contributed by atoms with Crippen LogP contribution >= 0.6 is 15.9 Å². The summed E-state index contributed by atoms with van der Waals surface area (Å²) >= 11 is 3.21. The monoisotopic (exact) mass is 396 g/mol. The zero-order chi connectivity index (χ0) is 16.9. The molecule has 1 atom stereocenters. The second-order valence-electron chi connectivity index (χ2n) is 4.88. The SMILES string of the molecule is NC(O)/C(=C/NS(=O)(=O)c1ccccc1Br)Cc1ccccc1. The summed E-state index contributed by atoms with van der Waals surface area (Å²) in [5.41, 5.74) is 6.81. The van der Waals surface area contributed by atoms with Crippen molar-refractivity contribution in [2.24, 2.45) is 5.73 Å². The number of benzene rings is 2. The highest BCUT2D eigenvalue weighted by Gasteiger charge is 2.16. The van der Waals surface area contributed by atoms with E-state index in [0.717, 1.165) is 5.56 Å². The van der Waals surface area contributed by atoms with Gasteiger partial charge in [0.15, 0.2) is 0 Å². The van der Waals surface area contributed by atoms with Gasteiger partial charge in [0.25, 0.3) is 10.0 Å². The first kappa shape index (κ1) is 17.7. The van der Waals surface area contributed by atoms with Gasteiger partial charge in [-0.1, -0.05) is 42.5 Å². The zero-order valence-electron chi connectivity index (χ0n) is 12.2. The molecule has 0 radical (unpaired) electrons. The molecule has 0 saturated heterocycles. The van der Waals surface area contributed by atoms with E-state index in [2.05, 4.69) is 20.7 Å². The highest BCUT2D eigenvalue weighted by molar-refractivity contribution is 9.10. The number of rotatable bonds is 6. The number of nitrogens with two attached hydrogens (primary N) is 1. The summed E-state index contributed by atoms with van der Waals surface area (Å²) in [6, 6.07) is 15.8. The maximum absolute atomic E-state index is 12.3. The standard InChI is InChI=1S/C16H17BrN2O3S/c17-14-8-4-5-9-15(14)23(21,22)19-11-13(16(18)20)10-12-6-2-1-3-7-12/h1-9,11,16,19-20H,10,18H2/b13-11+. The molecular formula is C16H17BrN2O3S. The van der Waals surface area contributed by atoms with Crippen LogP contribution in [-0.4, -0.2) is 19.8 Å². The number of sulfonamides is 1. The molecule has 2 aromatic carbocycles. The lowest BCUT2D eigenvalue weighted by Gasteiger charge is -2.12. The minimum absolute atomic E-state index is 0.113. The fraction of sp³-hybridized carbons (Fsp3) is 0.125. The third-order valence-corrected chi connectivity index (χ3v) is 5.47. The van der Waals surface area contributed by atoms with Crippen LogP contribution in [-0.2, 0) is 16.4 Å². The van der Waals surface area contributed by atoms with E-state index >= 15 is 0 Å². The van der Waals surface area contributed by atoms with Crippen molar-refractivity contribution in [2.45, 2.75) is 17.5 Å². The molecule has 122 valence electrons. The average Bonchev–Trinajstić information content (AvgIpc) is 2.52. The molecule has 2 aromatic rings. The second-order valence-corrected chi connectivity index (χ2v) is 7.41. The lowest BCUT2D eigenvalue weighted by molar-refractivity contribution is 0.216. The summed E-state index contributed by atoms with van der Waals surface area (Å²) in [7, 11) is -3.75. The quantitative estimate of drug-likeness (QED) is 0.652. The summed E-state index contributed by atoms with van der Waals surface area (Å²) < 4.78 is 27.5. The molecule has 0 aliphatic rings. The maximum atomic E-state index is 12.3. The number of hydrogen-bond acceptors (Lipinski definition) is 4. The predicted molar refractivity (Wildman–Crippen MR) is 92.9 cm³/mol. The Bertz CT molecular complexity index is 790. The summed E-state index contributed by atoms with van der Waals surface area (Å²) in [5.74, 6) is 0. The van der Waals surface area contributed by atoms with Gasteiger partial charge < -0.3 is 10.8 Å². The molecule has 4 N–H and O–H groups in total. The molecule has 0 aliphatic heterocycles. The van der Waals surface area contributed by atoms with Crippen molar-refractivity contribution < 1.29 is 13.5 Å². The molecular weight excluding hydrogens is 380 g/mol. The molecule has 23 heavy (non-hydrogen) atoms. The largest absolute Gasteiger partial charge is 0.375 e. The Morgan fingerprint density at radius 1 is 1.17 bits per heavy atom. The summed E-state index contributed by atoms with van der Waals surface area (Å²) in [6.45, 7) is 0. The van der Waals surface area contributed by atoms with Crippen molar-refractivity contribution in [1.82, 2.24) is 4.72 Å². The first-order valence-electron chi connectivity index (χ1n) is 6.83. The topological polar surface area (TPSA) is 92.4 Å². The molecule has 0 aliphatic carbocycles. The van der Waals surface area contributed by atoms with Crippen LogP contribution in [0.2, 0.25) is 0 Å². The van der Waals surface area contributed by atoms with E-state index in [1.54, 1.807) is 18.2 Å². The molecule has 1 unspecified atom stereocenters. The van der Waals surface area contributed by atoms with E-state index in [4.69, 9.17) is 5.73 Å². The maximum Gasteiger partial charge on any atom is 0.262 e. The first-order valence-corrected chi connectivity index (χ1v) is 9.11. The number of hydrogen-bond donors (Lipinski definition) is 3. The van der Waals surface area contributed by atoms with E-state index < -0.39 is 16.3 Å². The fourth-order valence-electron chi connectivity index (χ4n) is 1.95. The van der Waals surface area contributed by atoms with Crippen LogP contribution in [0.15, 0.2) is 75.7 Å². The van der Waals surface area contributed by atoms with Crippen LogP contribution in [0.5, 0.6) is 0 Å². The second kappa shape index (κ2) is 7.74. The van der Waals surface area contributed by atoms with Crippen molar-refractivity contribution in [1.29, 1.82) is 0 Å². The number of nitrogens with one attached hydrogen (secondary N) is 1. The molecule has 2 rings (SSSR count). The van der Waals surface area contributed by atoms with Gasteiger partial charge in [0.1, 0.15) is 11.1 Å². The Morgan fingerprint density at radius 2 is 1.78 bits per heavy atom. The lowest BCUT2D eigenvalue weighted by Crippen LogP contribution is -2.27. The normalized spacial score (nSPS) is 13.6. The van der Waals surface area contributed by atoms with Gasteiger partial charge in [-0.3, -0.25) is 4.72 Å². The molecule has 0 amide bonds. The first-order chi connectivity index (χ1) is 10.9. The van der Waals surface area contributed by atoms with Gasteiger partial charge in [-0.2, -0.15) is 0 Å². The van der Waals surface area contributed by atoms with E-state index in [1.807, 2.05) is 30.3 Å². The Morgan fingerprint density at radius 3 is 2.39 bits per heavy atom. The summed E-state index contributed by atoms with van der Waals surface area (Å²) in [6.07, 6.45) is 0.334. The van der Waals surface area contributed by atoms with Crippen LogP contribution in [0, 0.1) is 0 Å². The van der Waals surface area contributed by atoms with Crippen molar-refractivity contribution in [3.05, 3.63) is 76.4 Å². The van der Waals surface area contributed by atoms with Crippen molar-refractivity contribution in [3.63, 3.8) is 0 Å². The third-order valence-electron chi connectivity index (χ3n) is 3.16. The molecule has 7 heteroatoms. The lowest BCUT2D eigenvalue weighted by atomic mass is 10.1. The minimum Gasteiger partial charge on any atom is -0.375 e. The summed E-state index contributed by atoms with van der Waals surface area (Å²) in [4.78, 5) is 0.113. The molecule has 0 spiro atoms. The smallest absolute Gasteiger partial charge is 0.262 e. The Hall–Kier alpha value is -1.67. The summed E-state index contributed by atoms with van der Waals surface area (Å²) in [5, 5.41) is 9.66. The Labute approximate surface area is 144 Å². The van der Waals surface area contributed by atoms with E-state index in [1.165, 1.54) is 12.3 Å². The van der Waals surface area contributed by atoms with Gasteiger partial charge in [-0.05, 0) is 45.6 Å². The van der Waals surface area contributed by atoms with Gasteiger partial charge in [-0.25, -0.2) is 8.42 Å². The van der Waals surface area contributed by atoms with Gasteiger partial charge in [-0.15, -0.1) is 0 Å². The van der Waals surface area contributed by atoms with Gasteiger partial charge in [0.2, 0.25) is 0 Å². The molecule has 5 nitrogen and oxygen atoms in total. The average molecular weight is 397 g/mol. The van der Waals surface area contributed by atoms with Crippen LogP contribution in [0.1, 0.15) is 5.56 Å². The molecule has 0 heterocycles. The molecule has 0 aromatic heterocycles. The zero-order valence-corrected chi connectivity index (χ0v) is 14.6.